The number of nitrogens with one attached hydrogen (secondary N) is 2. The predicted octanol–water partition coefficient (Wildman–Crippen LogP) is 3.22. The van der Waals surface area contributed by atoms with Gasteiger partial charge in [0.05, 0.1) is 25.5 Å². The van der Waals surface area contributed by atoms with Crippen molar-refractivity contribution in [2.24, 2.45) is 0 Å². The number of nitrogens with zero attached hydrogens (tertiary/aromatic N) is 2. The molecule has 8 nitrogen and oxygen atoms in total. The fourth-order valence-corrected chi connectivity index (χ4v) is 3.19. The molecule has 0 aliphatic rings. The van der Waals surface area contributed by atoms with Crippen LogP contribution in [0.5, 0.6) is 0 Å². The zero-order valence-electron chi connectivity index (χ0n) is 12.4. The molecule has 0 aliphatic carbocycles. The number of thiazole rings is 2. The smallest absolute Gasteiger partial charge is 0.413 e. The largest absolute Gasteiger partial charge is 0.463 e. The normalized spacial score (nSPS) is 10.4. The summed E-state index contributed by atoms with van der Waals surface area (Å²) in [6, 6.07) is 3.57. The molecule has 3 aromatic heterocycles. The van der Waals surface area contributed by atoms with Crippen LogP contribution in [0.3, 0.4) is 0 Å². The highest BCUT2D eigenvalue weighted by Gasteiger charge is 2.12. The van der Waals surface area contributed by atoms with Gasteiger partial charge in [-0.15, -0.1) is 22.7 Å². The zero-order valence-corrected chi connectivity index (χ0v) is 14.1. The third kappa shape index (κ3) is 3.97. The maximum atomic E-state index is 12.0. The molecule has 2 amide bonds. The van der Waals surface area contributed by atoms with Crippen molar-refractivity contribution in [1.82, 2.24) is 9.97 Å². The number of hydrogen-bond donors (Lipinski definition) is 2. The Balaban J connectivity index is 1.57. The molecule has 2 N–H and O–H groups in total. The van der Waals surface area contributed by atoms with E-state index in [1.807, 2.05) is 0 Å². The van der Waals surface area contributed by atoms with Crippen LogP contribution in [0.4, 0.5) is 15.1 Å². The van der Waals surface area contributed by atoms with Gasteiger partial charge < -0.3 is 14.5 Å². The van der Waals surface area contributed by atoms with Crippen LogP contribution in [0.2, 0.25) is 0 Å². The molecule has 3 rings (SSSR count). The third-order valence-corrected chi connectivity index (χ3v) is 4.38. The van der Waals surface area contributed by atoms with Crippen molar-refractivity contribution in [2.45, 2.75) is 6.42 Å². The summed E-state index contributed by atoms with van der Waals surface area (Å²) in [7, 11) is 1.27. The quantitative estimate of drug-likeness (QED) is 0.720. The van der Waals surface area contributed by atoms with Gasteiger partial charge in [-0.1, -0.05) is 0 Å². The minimum absolute atomic E-state index is 0.0784. The van der Waals surface area contributed by atoms with Gasteiger partial charge in [0.25, 0.3) is 0 Å². The molecule has 0 radical (unpaired) electrons. The standard InChI is InChI=1S/C14H12N4O4S2/c1-21-14(20)18-12-15-8(6-23-12)5-11(19)17-13-16-9(7-24-13)10-3-2-4-22-10/h2-4,6-7H,5H2,1H3,(H,15,18,20)(H,16,17,19). The highest BCUT2D eigenvalue weighted by atomic mass is 32.1. The monoisotopic (exact) mass is 364 g/mol. The fourth-order valence-electron chi connectivity index (χ4n) is 1.78. The molecule has 0 saturated carbocycles. The lowest BCUT2D eigenvalue weighted by Crippen LogP contribution is -2.15. The van der Waals surface area contributed by atoms with Crippen molar-refractivity contribution in [2.75, 3.05) is 17.7 Å². The highest BCUT2D eigenvalue weighted by Crippen LogP contribution is 2.25. The molecule has 3 aromatic rings. The Morgan fingerprint density at radius 3 is 2.75 bits per heavy atom. The molecule has 0 fully saturated rings. The molecule has 3 heterocycles. The number of carbonyl (C=O) groups excluding carboxylic acids is 2. The second-order valence-electron chi connectivity index (χ2n) is 4.50. The Hall–Kier alpha value is -2.72. The molecule has 0 bridgehead atoms. The van der Waals surface area contributed by atoms with E-state index >= 15 is 0 Å². The van der Waals surface area contributed by atoms with E-state index in [-0.39, 0.29) is 12.3 Å². The second kappa shape index (κ2) is 7.23. The predicted molar refractivity (Wildman–Crippen MR) is 90.3 cm³/mol. The highest BCUT2D eigenvalue weighted by molar-refractivity contribution is 7.14. The van der Waals surface area contributed by atoms with Gasteiger partial charge in [0.2, 0.25) is 5.91 Å². The van der Waals surface area contributed by atoms with Gasteiger partial charge >= 0.3 is 6.09 Å². The number of amides is 2. The number of hydrogen-bond acceptors (Lipinski definition) is 8. The Labute approximate surface area is 144 Å². The van der Waals surface area contributed by atoms with E-state index in [2.05, 4.69) is 25.3 Å². The van der Waals surface area contributed by atoms with Crippen molar-refractivity contribution in [3.63, 3.8) is 0 Å². The molecular weight excluding hydrogens is 352 g/mol. The molecule has 0 saturated heterocycles. The van der Waals surface area contributed by atoms with E-state index in [4.69, 9.17) is 4.42 Å². The molecule has 24 heavy (non-hydrogen) atoms. The first-order valence-electron chi connectivity index (χ1n) is 6.72. The van der Waals surface area contributed by atoms with Crippen molar-refractivity contribution in [3.05, 3.63) is 34.8 Å². The minimum Gasteiger partial charge on any atom is -0.463 e. The number of rotatable bonds is 5. The maximum absolute atomic E-state index is 12.0. The summed E-state index contributed by atoms with van der Waals surface area (Å²) in [6.45, 7) is 0. The lowest BCUT2D eigenvalue weighted by molar-refractivity contribution is -0.115. The number of anilines is 2. The molecule has 124 valence electrons. The van der Waals surface area contributed by atoms with Crippen LogP contribution in [0, 0.1) is 0 Å². The molecule has 0 aliphatic heterocycles. The van der Waals surface area contributed by atoms with E-state index < -0.39 is 6.09 Å². The lowest BCUT2D eigenvalue weighted by atomic mass is 10.3. The molecule has 0 aromatic carbocycles. The Morgan fingerprint density at radius 2 is 2.00 bits per heavy atom. The van der Waals surface area contributed by atoms with Crippen LogP contribution >= 0.6 is 22.7 Å². The van der Waals surface area contributed by atoms with Gasteiger partial charge in [-0.05, 0) is 12.1 Å². The summed E-state index contributed by atoms with van der Waals surface area (Å²) >= 11 is 2.52. The lowest BCUT2D eigenvalue weighted by Gasteiger charge is -1.99. The van der Waals surface area contributed by atoms with Gasteiger partial charge in [-0.3, -0.25) is 10.1 Å². The SMILES string of the molecule is COC(=O)Nc1nc(CC(=O)Nc2nc(-c3ccco3)cs2)cs1. The number of carbonyl (C=O) groups is 2. The van der Waals surface area contributed by atoms with E-state index in [0.717, 1.165) is 0 Å². The van der Waals surface area contributed by atoms with E-state index in [1.54, 1.807) is 29.2 Å². The molecule has 10 heteroatoms. The number of aromatic nitrogens is 2. The first kappa shape index (κ1) is 16.1. The van der Waals surface area contributed by atoms with Gasteiger partial charge in [0.1, 0.15) is 5.69 Å². The van der Waals surface area contributed by atoms with Crippen LogP contribution in [0.15, 0.2) is 33.6 Å². The maximum Gasteiger partial charge on any atom is 0.413 e. The average molecular weight is 364 g/mol. The minimum atomic E-state index is -0.603. The van der Waals surface area contributed by atoms with Crippen LogP contribution in [-0.2, 0) is 16.0 Å². The van der Waals surface area contributed by atoms with Gasteiger partial charge in [-0.25, -0.2) is 14.8 Å². The van der Waals surface area contributed by atoms with Crippen LogP contribution in [0.1, 0.15) is 5.69 Å². The van der Waals surface area contributed by atoms with Crippen molar-refractivity contribution in [3.8, 4) is 11.5 Å². The summed E-state index contributed by atoms with van der Waals surface area (Å²) in [5.74, 6) is 0.398. The van der Waals surface area contributed by atoms with Crippen LogP contribution < -0.4 is 10.6 Å². The average Bonchev–Trinajstić information content (AvgIpc) is 3.28. The van der Waals surface area contributed by atoms with Crippen molar-refractivity contribution in [1.29, 1.82) is 0 Å². The summed E-state index contributed by atoms with van der Waals surface area (Å²) in [6.07, 6.45) is 1.04. The first-order valence-corrected chi connectivity index (χ1v) is 8.48. The van der Waals surface area contributed by atoms with Gasteiger partial charge in [0, 0.05) is 10.8 Å². The summed E-state index contributed by atoms with van der Waals surface area (Å²) in [4.78, 5) is 31.6. The number of ether oxygens (including phenoxy) is 1. The van der Waals surface area contributed by atoms with Gasteiger partial charge in [-0.2, -0.15) is 0 Å². The van der Waals surface area contributed by atoms with E-state index in [9.17, 15) is 9.59 Å². The Bertz CT molecular complexity index is 841. The number of furan rings is 1. The van der Waals surface area contributed by atoms with Crippen LogP contribution in [0.25, 0.3) is 11.5 Å². The zero-order chi connectivity index (χ0) is 16.9. The summed E-state index contributed by atoms with van der Waals surface area (Å²) in [5.41, 5.74) is 1.21. The van der Waals surface area contributed by atoms with Crippen molar-refractivity contribution < 1.29 is 18.7 Å². The third-order valence-electron chi connectivity index (χ3n) is 2.81. The van der Waals surface area contributed by atoms with Gasteiger partial charge in [0.15, 0.2) is 16.0 Å². The molecule has 0 spiro atoms. The first-order chi connectivity index (χ1) is 11.6. The van der Waals surface area contributed by atoms with Crippen molar-refractivity contribution >= 4 is 44.9 Å². The molecule has 0 unspecified atom stereocenters. The number of methoxy groups -OCH3 is 1. The Kier molecular flexibility index (Phi) is 4.87. The van der Waals surface area contributed by atoms with E-state index in [1.165, 1.54) is 29.8 Å². The topological polar surface area (TPSA) is 106 Å². The fraction of sp³-hybridized carbons (Fsp3) is 0.143. The van der Waals surface area contributed by atoms with E-state index in [0.29, 0.717) is 27.4 Å². The van der Waals surface area contributed by atoms with Crippen LogP contribution in [-0.4, -0.2) is 29.1 Å². The summed E-state index contributed by atoms with van der Waals surface area (Å²) in [5, 5.41) is 9.51. The summed E-state index contributed by atoms with van der Waals surface area (Å²) < 4.78 is 9.73. The molecule has 0 atom stereocenters. The molecular formula is C14H12N4O4S2. The second-order valence-corrected chi connectivity index (χ2v) is 6.22. The Morgan fingerprint density at radius 1 is 1.21 bits per heavy atom.